The summed E-state index contributed by atoms with van der Waals surface area (Å²) in [5.74, 6) is -3.30. The Morgan fingerprint density at radius 2 is 2.23 bits per heavy atom. The van der Waals surface area contributed by atoms with Gasteiger partial charge in [-0.15, -0.1) is 23.1 Å². The topological polar surface area (TPSA) is 197 Å². The number of carbonyl (C=O) groups is 4. The molecule has 0 bridgehead atoms. The number of aliphatic carboxylic acids is 1. The highest BCUT2D eigenvalue weighted by molar-refractivity contribution is 8.00. The van der Waals surface area contributed by atoms with Crippen LogP contribution in [0.5, 0.6) is 0 Å². The van der Waals surface area contributed by atoms with Crippen molar-refractivity contribution >= 4 is 57.8 Å². The second kappa shape index (κ2) is 8.19. The molecule has 15 heteroatoms. The van der Waals surface area contributed by atoms with Crippen molar-refractivity contribution < 1.29 is 34.2 Å². The van der Waals surface area contributed by atoms with Crippen LogP contribution < -0.4 is 16.4 Å². The van der Waals surface area contributed by atoms with Crippen LogP contribution in [0.2, 0.25) is 0 Å². The molecule has 2 aliphatic rings. The van der Waals surface area contributed by atoms with Gasteiger partial charge < -0.3 is 36.3 Å². The highest BCUT2D eigenvalue weighted by atomic mass is 32.2. The first kappa shape index (κ1) is 21.4. The Hall–Kier alpha value is -3.33. The van der Waals surface area contributed by atoms with Crippen molar-refractivity contribution in [1.82, 2.24) is 20.5 Å². The first-order valence-electron chi connectivity index (χ1n) is 8.22. The number of carboxylic acids is 1. The Balaban J connectivity index is 1.79. The number of oxime groups is 1. The SMILES string of the molecule is CNC(=O)OCC1=CN2C(=O)C(NC(=O)/C(=N\O)c3csc(N)n3)(C(=O)O)[C@@H]2SC1. The van der Waals surface area contributed by atoms with E-state index in [4.69, 9.17) is 10.5 Å². The molecule has 3 amide bonds. The number of alkyl carbamates (subject to hydrolysis) is 1. The zero-order chi connectivity index (χ0) is 22.1. The number of nitrogens with one attached hydrogen (secondary N) is 2. The molecule has 2 aliphatic heterocycles. The predicted molar refractivity (Wildman–Crippen MR) is 105 cm³/mol. The lowest BCUT2D eigenvalue weighted by atomic mass is 9.87. The average molecular weight is 456 g/mol. The van der Waals surface area contributed by atoms with Gasteiger partial charge in [-0.2, -0.15) is 0 Å². The predicted octanol–water partition coefficient (Wildman–Crippen LogP) is -1.00. The van der Waals surface area contributed by atoms with Gasteiger partial charge in [-0.1, -0.05) is 5.16 Å². The summed E-state index contributed by atoms with van der Waals surface area (Å²) in [6.07, 6.45) is 0.741. The van der Waals surface area contributed by atoms with Gasteiger partial charge in [0.15, 0.2) is 10.8 Å². The molecule has 1 saturated heterocycles. The van der Waals surface area contributed by atoms with Crippen LogP contribution in [-0.4, -0.2) is 80.1 Å². The van der Waals surface area contributed by atoms with Crippen molar-refractivity contribution in [2.45, 2.75) is 10.9 Å². The Morgan fingerprint density at radius 1 is 1.50 bits per heavy atom. The van der Waals surface area contributed by atoms with E-state index in [1.165, 1.54) is 18.6 Å². The number of ether oxygens (including phenoxy) is 1. The molecule has 2 atom stereocenters. The van der Waals surface area contributed by atoms with Gasteiger partial charge in [0.05, 0.1) is 0 Å². The third kappa shape index (κ3) is 3.52. The van der Waals surface area contributed by atoms with Crippen LogP contribution in [0.4, 0.5) is 9.93 Å². The number of nitrogens with two attached hydrogens (primary N) is 1. The molecule has 0 spiro atoms. The van der Waals surface area contributed by atoms with Gasteiger partial charge in [-0.3, -0.25) is 9.59 Å². The van der Waals surface area contributed by atoms with Gasteiger partial charge in [-0.25, -0.2) is 14.6 Å². The number of carbonyl (C=O) groups excluding carboxylic acids is 3. The molecule has 3 heterocycles. The Kier molecular flexibility index (Phi) is 5.84. The number of hydrogen-bond acceptors (Lipinski definition) is 11. The van der Waals surface area contributed by atoms with Gasteiger partial charge >= 0.3 is 12.1 Å². The number of anilines is 1. The molecule has 1 unspecified atom stereocenters. The Bertz CT molecular complexity index is 976. The maximum Gasteiger partial charge on any atom is 0.407 e. The number of β-lactam (4-membered cyclic amide) rings is 1. The maximum absolute atomic E-state index is 12.7. The Morgan fingerprint density at radius 3 is 2.80 bits per heavy atom. The zero-order valence-electron chi connectivity index (χ0n) is 15.3. The van der Waals surface area contributed by atoms with E-state index in [1.54, 1.807) is 0 Å². The standard InChI is InChI=1S/C15H16N6O7S2/c1-17-14(26)28-3-6-2-21-10(23)15(12(24)25,11(21)29-4-6)19-9(22)8(20-27)7-5-30-13(16)18-7/h2,5,11,27H,3-4H2,1H3,(H2,16,18)(H,17,26)(H,19,22)(H,24,25)/b20-8-/t11-,15?/m0/s1. The highest BCUT2D eigenvalue weighted by Crippen LogP contribution is 2.43. The van der Waals surface area contributed by atoms with E-state index >= 15 is 0 Å². The smallest absolute Gasteiger partial charge is 0.407 e. The fourth-order valence-electron chi connectivity index (χ4n) is 2.83. The van der Waals surface area contributed by atoms with E-state index in [0.717, 1.165) is 28.0 Å². The summed E-state index contributed by atoms with van der Waals surface area (Å²) in [6, 6.07) is 0. The van der Waals surface area contributed by atoms with E-state index in [-0.39, 0.29) is 23.2 Å². The molecule has 13 nitrogen and oxygen atoms in total. The van der Waals surface area contributed by atoms with E-state index in [2.05, 4.69) is 20.8 Å². The van der Waals surface area contributed by atoms with Gasteiger partial charge in [0.1, 0.15) is 17.7 Å². The molecule has 0 aliphatic carbocycles. The van der Waals surface area contributed by atoms with Crippen LogP contribution in [0.1, 0.15) is 5.69 Å². The van der Waals surface area contributed by atoms with Crippen LogP contribution in [0.15, 0.2) is 22.3 Å². The number of aromatic nitrogens is 1. The molecule has 1 fully saturated rings. The third-order valence-electron chi connectivity index (χ3n) is 4.26. The van der Waals surface area contributed by atoms with Gasteiger partial charge in [0, 0.05) is 24.4 Å². The minimum Gasteiger partial charge on any atom is -0.479 e. The molecule has 160 valence electrons. The molecule has 6 N–H and O–H groups in total. The summed E-state index contributed by atoms with van der Waals surface area (Å²) in [5.41, 5.74) is 3.17. The average Bonchev–Trinajstić information content (AvgIpc) is 3.15. The monoisotopic (exact) mass is 456 g/mol. The van der Waals surface area contributed by atoms with Crippen LogP contribution in [0.3, 0.4) is 0 Å². The van der Waals surface area contributed by atoms with Gasteiger partial charge in [0.25, 0.3) is 11.8 Å². The summed E-state index contributed by atoms with van der Waals surface area (Å²) in [4.78, 5) is 53.4. The zero-order valence-corrected chi connectivity index (χ0v) is 17.0. The fourth-order valence-corrected chi connectivity index (χ4v) is 4.74. The summed E-state index contributed by atoms with van der Waals surface area (Å²) in [7, 11) is 1.40. The summed E-state index contributed by atoms with van der Waals surface area (Å²) in [5, 5.41) is 26.8. The fraction of sp³-hybridized carbons (Fsp3) is 0.333. The van der Waals surface area contributed by atoms with Crippen molar-refractivity contribution in [2.75, 3.05) is 25.1 Å². The lowest BCUT2D eigenvalue weighted by Gasteiger charge is -2.53. The van der Waals surface area contributed by atoms with Crippen molar-refractivity contribution in [3.05, 3.63) is 22.8 Å². The van der Waals surface area contributed by atoms with E-state index < -0.39 is 40.5 Å². The molecule has 1 aromatic heterocycles. The summed E-state index contributed by atoms with van der Waals surface area (Å²) >= 11 is 2.06. The van der Waals surface area contributed by atoms with Crippen LogP contribution >= 0.6 is 23.1 Å². The van der Waals surface area contributed by atoms with E-state index in [9.17, 15) is 29.5 Å². The van der Waals surface area contributed by atoms with Gasteiger partial charge in [-0.05, 0) is 5.57 Å². The number of rotatable bonds is 6. The van der Waals surface area contributed by atoms with Gasteiger partial charge in [0.2, 0.25) is 5.54 Å². The first-order valence-corrected chi connectivity index (χ1v) is 10.1. The molecular weight excluding hydrogens is 440 g/mol. The molecule has 3 rings (SSSR count). The third-order valence-corrected chi connectivity index (χ3v) is 6.37. The van der Waals surface area contributed by atoms with Crippen LogP contribution in [0.25, 0.3) is 0 Å². The lowest BCUT2D eigenvalue weighted by molar-refractivity contribution is -0.169. The highest BCUT2D eigenvalue weighted by Gasteiger charge is 2.68. The number of nitrogen functional groups attached to an aromatic ring is 1. The quantitative estimate of drug-likeness (QED) is 0.116. The molecule has 30 heavy (non-hydrogen) atoms. The van der Waals surface area contributed by atoms with Crippen molar-refractivity contribution in [2.24, 2.45) is 5.16 Å². The molecule has 1 aromatic rings. The van der Waals surface area contributed by atoms with Crippen LogP contribution in [-0.2, 0) is 19.1 Å². The molecule has 0 saturated carbocycles. The number of amides is 3. The molecule has 0 aromatic carbocycles. The number of thioether (sulfide) groups is 1. The number of hydrogen-bond donors (Lipinski definition) is 5. The van der Waals surface area contributed by atoms with E-state index in [1.807, 2.05) is 0 Å². The molecule has 0 radical (unpaired) electrons. The van der Waals surface area contributed by atoms with Crippen molar-refractivity contribution in [3.63, 3.8) is 0 Å². The summed E-state index contributed by atoms with van der Waals surface area (Å²) < 4.78 is 4.92. The van der Waals surface area contributed by atoms with Crippen LogP contribution in [0, 0.1) is 0 Å². The number of fused-ring (bicyclic) bond motifs is 1. The number of thiazole rings is 1. The number of carboxylic acid groups (broad SMARTS) is 1. The minimum absolute atomic E-state index is 0.0634. The Labute approximate surface area is 176 Å². The lowest BCUT2D eigenvalue weighted by Crippen LogP contribution is -2.82. The maximum atomic E-state index is 12.7. The normalized spacial score (nSPS) is 23.0. The van der Waals surface area contributed by atoms with Crippen molar-refractivity contribution in [3.8, 4) is 0 Å². The van der Waals surface area contributed by atoms with Crippen molar-refractivity contribution in [1.29, 1.82) is 0 Å². The second-order valence-electron chi connectivity index (χ2n) is 6.08. The largest absolute Gasteiger partial charge is 0.479 e. The second-order valence-corrected chi connectivity index (χ2v) is 8.03. The number of nitrogens with zero attached hydrogens (tertiary/aromatic N) is 3. The minimum atomic E-state index is -2.26. The summed E-state index contributed by atoms with van der Waals surface area (Å²) in [6.45, 7) is -0.0812. The van der Waals surface area contributed by atoms with E-state index in [0.29, 0.717) is 5.57 Å². The first-order chi connectivity index (χ1) is 14.2. The molecular formula is C15H16N6O7S2.